The lowest BCUT2D eigenvalue weighted by Gasteiger charge is -2.27. The second-order valence-electron chi connectivity index (χ2n) is 6.26. The fourth-order valence-electron chi connectivity index (χ4n) is 3.20. The summed E-state index contributed by atoms with van der Waals surface area (Å²) in [6, 6.07) is 5.06. The van der Waals surface area contributed by atoms with Gasteiger partial charge in [-0.1, -0.05) is 37.4 Å². The molecule has 0 spiro atoms. The Balaban J connectivity index is 2.00. The SMILES string of the molecule is CC1CCCC(CNCc2c(Cl)cccc2S(C)(=O)=O)C1. The molecule has 2 unspecified atom stereocenters. The van der Waals surface area contributed by atoms with Crippen molar-refractivity contribution in [3.05, 3.63) is 28.8 Å². The summed E-state index contributed by atoms with van der Waals surface area (Å²) in [5.74, 6) is 1.50. The summed E-state index contributed by atoms with van der Waals surface area (Å²) in [4.78, 5) is 0.333. The van der Waals surface area contributed by atoms with Crippen LogP contribution in [0.2, 0.25) is 5.02 Å². The first-order chi connectivity index (χ1) is 9.88. The van der Waals surface area contributed by atoms with E-state index in [0.29, 0.717) is 27.9 Å². The van der Waals surface area contributed by atoms with E-state index in [9.17, 15) is 8.42 Å². The van der Waals surface area contributed by atoms with Gasteiger partial charge in [0, 0.05) is 23.4 Å². The molecule has 1 aliphatic rings. The van der Waals surface area contributed by atoms with Crippen molar-refractivity contribution < 1.29 is 8.42 Å². The Bertz CT molecular complexity index is 586. The zero-order chi connectivity index (χ0) is 15.5. The molecular formula is C16H24ClNO2S. The molecular weight excluding hydrogens is 306 g/mol. The number of sulfone groups is 1. The molecule has 21 heavy (non-hydrogen) atoms. The summed E-state index contributed by atoms with van der Waals surface area (Å²) in [7, 11) is -3.24. The van der Waals surface area contributed by atoms with E-state index in [4.69, 9.17) is 11.6 Å². The third-order valence-electron chi connectivity index (χ3n) is 4.26. The smallest absolute Gasteiger partial charge is 0.175 e. The van der Waals surface area contributed by atoms with Gasteiger partial charge in [0.2, 0.25) is 0 Å². The van der Waals surface area contributed by atoms with Crippen LogP contribution in [0.4, 0.5) is 0 Å². The van der Waals surface area contributed by atoms with Gasteiger partial charge in [-0.3, -0.25) is 0 Å². The first-order valence-corrected chi connectivity index (χ1v) is 9.83. The van der Waals surface area contributed by atoms with Crippen LogP contribution in [0.5, 0.6) is 0 Å². The summed E-state index contributed by atoms with van der Waals surface area (Å²) >= 11 is 6.18. The molecule has 3 nitrogen and oxygen atoms in total. The second kappa shape index (κ2) is 7.12. The van der Waals surface area contributed by atoms with E-state index < -0.39 is 9.84 Å². The summed E-state index contributed by atoms with van der Waals surface area (Å²) in [5, 5.41) is 3.91. The highest BCUT2D eigenvalue weighted by atomic mass is 35.5. The van der Waals surface area contributed by atoms with Crippen LogP contribution >= 0.6 is 11.6 Å². The van der Waals surface area contributed by atoms with Crippen molar-refractivity contribution in [1.29, 1.82) is 0 Å². The van der Waals surface area contributed by atoms with Gasteiger partial charge in [-0.05, 0) is 43.4 Å². The molecule has 1 aromatic carbocycles. The highest BCUT2D eigenvalue weighted by Crippen LogP contribution is 2.28. The number of benzene rings is 1. The molecule has 5 heteroatoms. The van der Waals surface area contributed by atoms with E-state index in [1.54, 1.807) is 18.2 Å². The topological polar surface area (TPSA) is 46.2 Å². The maximum absolute atomic E-state index is 11.8. The molecule has 1 aromatic rings. The minimum absolute atomic E-state index is 0.333. The maximum Gasteiger partial charge on any atom is 0.175 e. The number of nitrogens with one attached hydrogen (secondary N) is 1. The molecule has 0 amide bonds. The number of hydrogen-bond donors (Lipinski definition) is 1. The first-order valence-electron chi connectivity index (χ1n) is 7.56. The van der Waals surface area contributed by atoms with E-state index in [0.717, 1.165) is 12.5 Å². The average molecular weight is 330 g/mol. The van der Waals surface area contributed by atoms with Crippen molar-refractivity contribution in [2.45, 2.75) is 44.0 Å². The third-order valence-corrected chi connectivity index (χ3v) is 5.79. The minimum Gasteiger partial charge on any atom is -0.312 e. The summed E-state index contributed by atoms with van der Waals surface area (Å²) in [6.07, 6.45) is 6.38. The molecule has 0 aromatic heterocycles. The van der Waals surface area contributed by atoms with Crippen LogP contribution in [0.25, 0.3) is 0 Å². The zero-order valence-corrected chi connectivity index (χ0v) is 14.3. The highest BCUT2D eigenvalue weighted by molar-refractivity contribution is 7.90. The van der Waals surface area contributed by atoms with E-state index in [-0.39, 0.29) is 0 Å². The molecule has 0 heterocycles. The molecule has 0 saturated heterocycles. The Kier molecular flexibility index (Phi) is 5.69. The largest absolute Gasteiger partial charge is 0.312 e. The van der Waals surface area contributed by atoms with E-state index in [2.05, 4.69) is 12.2 Å². The molecule has 2 rings (SSSR count). The fourth-order valence-corrected chi connectivity index (χ4v) is 4.46. The highest BCUT2D eigenvalue weighted by Gasteiger charge is 2.19. The molecule has 118 valence electrons. The van der Waals surface area contributed by atoms with E-state index >= 15 is 0 Å². The van der Waals surface area contributed by atoms with Crippen LogP contribution in [-0.4, -0.2) is 21.2 Å². The van der Waals surface area contributed by atoms with Gasteiger partial charge in [0.05, 0.1) is 4.90 Å². The van der Waals surface area contributed by atoms with Crippen LogP contribution in [0.15, 0.2) is 23.1 Å². The molecule has 0 aliphatic heterocycles. The molecule has 2 atom stereocenters. The molecule has 1 fully saturated rings. The number of hydrogen-bond acceptors (Lipinski definition) is 3. The van der Waals surface area contributed by atoms with Crippen LogP contribution in [-0.2, 0) is 16.4 Å². The van der Waals surface area contributed by atoms with Crippen molar-refractivity contribution in [3.63, 3.8) is 0 Å². The quantitative estimate of drug-likeness (QED) is 0.896. The molecule has 1 saturated carbocycles. The Hall–Kier alpha value is -0.580. The Labute approximate surface area is 133 Å². The van der Waals surface area contributed by atoms with Gasteiger partial charge in [0.25, 0.3) is 0 Å². The average Bonchev–Trinajstić information content (AvgIpc) is 2.39. The zero-order valence-electron chi connectivity index (χ0n) is 12.7. The van der Waals surface area contributed by atoms with Crippen LogP contribution in [0.1, 0.15) is 38.2 Å². The van der Waals surface area contributed by atoms with Crippen LogP contribution in [0, 0.1) is 11.8 Å². The number of rotatable bonds is 5. The summed E-state index contributed by atoms with van der Waals surface area (Å²) in [6.45, 7) is 3.74. The van der Waals surface area contributed by atoms with Crippen LogP contribution < -0.4 is 5.32 Å². The standard InChI is InChI=1S/C16H24ClNO2S/c1-12-5-3-6-13(9-12)10-18-11-14-15(17)7-4-8-16(14)21(2,19)20/h4,7-8,12-13,18H,3,5-6,9-11H2,1-2H3. The Morgan fingerprint density at radius 2 is 2.10 bits per heavy atom. The summed E-state index contributed by atoms with van der Waals surface area (Å²) < 4.78 is 23.7. The van der Waals surface area contributed by atoms with Gasteiger partial charge >= 0.3 is 0 Å². The van der Waals surface area contributed by atoms with Crippen molar-refractivity contribution in [3.8, 4) is 0 Å². The van der Waals surface area contributed by atoms with Crippen molar-refractivity contribution in [1.82, 2.24) is 5.32 Å². The van der Waals surface area contributed by atoms with Crippen molar-refractivity contribution >= 4 is 21.4 Å². The second-order valence-corrected chi connectivity index (χ2v) is 8.65. The van der Waals surface area contributed by atoms with E-state index in [1.807, 2.05) is 0 Å². The predicted molar refractivity (Wildman–Crippen MR) is 87.4 cm³/mol. The third kappa shape index (κ3) is 4.70. The molecule has 0 bridgehead atoms. The lowest BCUT2D eigenvalue weighted by molar-refractivity contribution is 0.274. The van der Waals surface area contributed by atoms with Crippen molar-refractivity contribution in [2.24, 2.45) is 11.8 Å². The van der Waals surface area contributed by atoms with Crippen LogP contribution in [0.3, 0.4) is 0 Å². The van der Waals surface area contributed by atoms with Gasteiger partial charge in [-0.25, -0.2) is 8.42 Å². The van der Waals surface area contributed by atoms with Gasteiger partial charge < -0.3 is 5.32 Å². The van der Waals surface area contributed by atoms with Gasteiger partial charge in [0.1, 0.15) is 0 Å². The van der Waals surface area contributed by atoms with E-state index in [1.165, 1.54) is 31.9 Å². The maximum atomic E-state index is 11.8. The Morgan fingerprint density at radius 3 is 2.76 bits per heavy atom. The molecule has 0 radical (unpaired) electrons. The summed E-state index contributed by atoms with van der Waals surface area (Å²) in [5.41, 5.74) is 0.686. The monoisotopic (exact) mass is 329 g/mol. The Morgan fingerprint density at radius 1 is 1.33 bits per heavy atom. The van der Waals surface area contributed by atoms with Gasteiger partial charge in [-0.2, -0.15) is 0 Å². The first kappa shape index (κ1) is 16.8. The predicted octanol–water partition coefficient (Wildman–Crippen LogP) is 3.66. The lowest BCUT2D eigenvalue weighted by atomic mass is 9.82. The lowest BCUT2D eigenvalue weighted by Crippen LogP contribution is -2.27. The van der Waals surface area contributed by atoms with Crippen molar-refractivity contribution in [2.75, 3.05) is 12.8 Å². The molecule has 1 aliphatic carbocycles. The minimum atomic E-state index is -3.24. The normalized spacial score (nSPS) is 23.2. The van der Waals surface area contributed by atoms with Gasteiger partial charge in [0.15, 0.2) is 9.84 Å². The molecule has 1 N–H and O–H groups in total. The van der Waals surface area contributed by atoms with Gasteiger partial charge in [-0.15, -0.1) is 0 Å². The number of halogens is 1. The fraction of sp³-hybridized carbons (Fsp3) is 0.625.